The largest absolute Gasteiger partial charge is 0.369 e. The van der Waals surface area contributed by atoms with Crippen LogP contribution in [-0.2, 0) is 17.6 Å². The van der Waals surface area contributed by atoms with Crippen molar-refractivity contribution in [2.45, 2.75) is 45.1 Å². The summed E-state index contributed by atoms with van der Waals surface area (Å²) in [6.45, 7) is 4.31. The number of hydrogen-bond donors (Lipinski definition) is 2. The van der Waals surface area contributed by atoms with Gasteiger partial charge in [-0.3, -0.25) is 9.59 Å². The fourth-order valence-electron chi connectivity index (χ4n) is 4.75. The van der Waals surface area contributed by atoms with Crippen LogP contribution in [0, 0.1) is 6.92 Å². The number of aromatic nitrogens is 2. The lowest BCUT2D eigenvalue weighted by Gasteiger charge is -2.15. The van der Waals surface area contributed by atoms with Crippen LogP contribution in [0.5, 0.6) is 0 Å². The number of aryl methyl sites for hydroxylation is 1. The van der Waals surface area contributed by atoms with E-state index in [9.17, 15) is 9.59 Å². The van der Waals surface area contributed by atoms with Crippen molar-refractivity contribution in [2.24, 2.45) is 0 Å². The van der Waals surface area contributed by atoms with Crippen LogP contribution in [0.4, 0.5) is 5.82 Å². The number of amides is 2. The van der Waals surface area contributed by atoms with E-state index in [1.54, 1.807) is 6.33 Å². The third kappa shape index (κ3) is 4.07. The third-order valence-electron chi connectivity index (χ3n) is 6.39. The number of nitrogens with zero attached hydrogens (tertiary/aromatic N) is 3. The average Bonchev–Trinajstić information content (AvgIpc) is 3.48. The lowest BCUT2D eigenvalue weighted by Crippen LogP contribution is -2.35. The second-order valence-corrected chi connectivity index (χ2v) is 9.57. The van der Waals surface area contributed by atoms with Gasteiger partial charge < -0.3 is 15.5 Å². The minimum absolute atomic E-state index is 0.0400. The zero-order chi connectivity index (χ0) is 22.1. The number of carbonyl (C=O) groups is 2. The van der Waals surface area contributed by atoms with Crippen molar-refractivity contribution >= 4 is 39.2 Å². The van der Waals surface area contributed by atoms with Gasteiger partial charge in [-0.1, -0.05) is 24.3 Å². The monoisotopic (exact) mass is 449 g/mol. The minimum atomic E-state index is -0.0400. The Kier molecular flexibility index (Phi) is 5.78. The Bertz CT molecular complexity index is 1150. The number of thiophene rings is 1. The highest BCUT2D eigenvalue weighted by molar-refractivity contribution is 7.20. The molecule has 0 spiro atoms. The van der Waals surface area contributed by atoms with Gasteiger partial charge in [0.1, 0.15) is 17.0 Å². The molecular weight excluding hydrogens is 422 g/mol. The average molecular weight is 450 g/mol. The maximum atomic E-state index is 13.1. The first-order chi connectivity index (χ1) is 15.6. The highest BCUT2D eigenvalue weighted by Crippen LogP contribution is 2.33. The van der Waals surface area contributed by atoms with E-state index in [0.717, 1.165) is 60.4 Å². The molecule has 8 heteroatoms. The van der Waals surface area contributed by atoms with Crippen LogP contribution in [0.25, 0.3) is 10.2 Å². The van der Waals surface area contributed by atoms with Crippen LogP contribution in [0.15, 0.2) is 30.6 Å². The van der Waals surface area contributed by atoms with Gasteiger partial charge in [0, 0.05) is 32.1 Å². The Morgan fingerprint density at radius 3 is 2.72 bits per heavy atom. The van der Waals surface area contributed by atoms with Crippen LogP contribution < -0.4 is 10.6 Å². The number of benzene rings is 1. The molecule has 2 amide bonds. The van der Waals surface area contributed by atoms with Crippen molar-refractivity contribution in [3.8, 4) is 0 Å². The zero-order valence-corrected chi connectivity index (χ0v) is 19.0. The Morgan fingerprint density at radius 2 is 2.00 bits per heavy atom. The molecule has 3 heterocycles. The number of hydrogen-bond acceptors (Lipinski definition) is 6. The molecule has 7 nitrogen and oxygen atoms in total. The maximum Gasteiger partial charge on any atom is 0.261 e. The molecule has 0 saturated carbocycles. The number of fused-ring (bicyclic) bond motifs is 2. The standard InChI is InChI=1S/C24H27N5O2S/c1-15-20-22(25-9-5-11-29-10-4-8-19(29)30)26-14-27-24(20)32-21(15)23(31)28-18-12-16-6-2-3-7-17(16)13-18/h2-3,6-7,14,18H,4-5,8-13H2,1H3,(H,28,31)(H,25,26,27). The number of anilines is 1. The van der Waals surface area contributed by atoms with Gasteiger partial charge in [-0.2, -0.15) is 0 Å². The van der Waals surface area contributed by atoms with Crippen molar-refractivity contribution in [1.29, 1.82) is 0 Å². The second kappa shape index (κ2) is 8.86. The summed E-state index contributed by atoms with van der Waals surface area (Å²) in [5, 5.41) is 7.52. The molecule has 5 rings (SSSR count). The Balaban J connectivity index is 1.25. The minimum Gasteiger partial charge on any atom is -0.369 e. The zero-order valence-electron chi connectivity index (χ0n) is 18.2. The Morgan fingerprint density at radius 1 is 1.22 bits per heavy atom. The molecule has 1 fully saturated rings. The van der Waals surface area contributed by atoms with Gasteiger partial charge in [-0.25, -0.2) is 9.97 Å². The number of nitrogens with one attached hydrogen (secondary N) is 2. The normalized spacial score (nSPS) is 16.0. The Hall–Kier alpha value is -3.00. The van der Waals surface area contributed by atoms with Crippen molar-refractivity contribution in [3.63, 3.8) is 0 Å². The van der Waals surface area contributed by atoms with Crippen LogP contribution >= 0.6 is 11.3 Å². The molecule has 0 atom stereocenters. The molecule has 3 aromatic rings. The quantitative estimate of drug-likeness (QED) is 0.541. The van der Waals surface area contributed by atoms with E-state index in [2.05, 4.69) is 44.9 Å². The summed E-state index contributed by atoms with van der Waals surface area (Å²) in [5.41, 5.74) is 3.55. The molecule has 2 N–H and O–H groups in total. The van der Waals surface area contributed by atoms with Gasteiger partial charge in [0.15, 0.2) is 0 Å². The predicted molar refractivity (Wildman–Crippen MR) is 126 cm³/mol. The summed E-state index contributed by atoms with van der Waals surface area (Å²) >= 11 is 1.42. The van der Waals surface area contributed by atoms with E-state index in [1.807, 2.05) is 11.8 Å². The fourth-order valence-corrected chi connectivity index (χ4v) is 5.80. The van der Waals surface area contributed by atoms with Crippen LogP contribution in [0.2, 0.25) is 0 Å². The molecule has 0 bridgehead atoms. The fraction of sp³-hybridized carbons (Fsp3) is 0.417. The SMILES string of the molecule is Cc1c(C(=O)NC2Cc3ccccc3C2)sc2ncnc(NCCCN3CCCC3=O)c12. The van der Waals surface area contributed by atoms with Crippen molar-refractivity contribution in [1.82, 2.24) is 20.2 Å². The van der Waals surface area contributed by atoms with Crippen LogP contribution in [0.3, 0.4) is 0 Å². The molecule has 0 unspecified atom stereocenters. The number of carbonyl (C=O) groups excluding carboxylic acids is 2. The van der Waals surface area contributed by atoms with E-state index < -0.39 is 0 Å². The second-order valence-electron chi connectivity index (χ2n) is 8.57. The third-order valence-corrected chi connectivity index (χ3v) is 7.59. The van der Waals surface area contributed by atoms with E-state index in [-0.39, 0.29) is 17.9 Å². The molecular formula is C24H27N5O2S. The van der Waals surface area contributed by atoms with Crippen LogP contribution in [-0.4, -0.2) is 52.4 Å². The molecule has 1 aliphatic heterocycles. The van der Waals surface area contributed by atoms with E-state index in [4.69, 9.17) is 0 Å². The molecule has 1 aliphatic carbocycles. The molecule has 1 saturated heterocycles. The molecule has 32 heavy (non-hydrogen) atoms. The van der Waals surface area contributed by atoms with Gasteiger partial charge in [0.05, 0.1) is 10.3 Å². The molecule has 0 radical (unpaired) electrons. The lowest BCUT2D eigenvalue weighted by molar-refractivity contribution is -0.127. The first-order valence-electron chi connectivity index (χ1n) is 11.2. The number of likely N-dealkylation sites (tertiary alicyclic amines) is 1. The summed E-state index contributed by atoms with van der Waals surface area (Å²) in [7, 11) is 0. The van der Waals surface area contributed by atoms with Crippen LogP contribution in [0.1, 0.15) is 45.6 Å². The molecule has 166 valence electrons. The highest BCUT2D eigenvalue weighted by atomic mass is 32.1. The predicted octanol–water partition coefficient (Wildman–Crippen LogP) is 3.32. The van der Waals surface area contributed by atoms with Crippen molar-refractivity contribution < 1.29 is 9.59 Å². The Labute approximate surface area is 191 Å². The van der Waals surface area contributed by atoms with E-state index in [0.29, 0.717) is 17.8 Å². The van der Waals surface area contributed by atoms with Gasteiger partial charge in [0.2, 0.25) is 5.91 Å². The van der Waals surface area contributed by atoms with Gasteiger partial charge in [-0.05, 0) is 49.3 Å². The van der Waals surface area contributed by atoms with E-state index >= 15 is 0 Å². The summed E-state index contributed by atoms with van der Waals surface area (Å²) in [6, 6.07) is 8.50. The first kappa shape index (κ1) is 20.9. The van der Waals surface area contributed by atoms with E-state index in [1.165, 1.54) is 22.5 Å². The summed E-state index contributed by atoms with van der Waals surface area (Å²) < 4.78 is 0. The first-order valence-corrected chi connectivity index (χ1v) is 12.0. The topological polar surface area (TPSA) is 87.2 Å². The lowest BCUT2D eigenvalue weighted by atomic mass is 10.1. The summed E-state index contributed by atoms with van der Waals surface area (Å²) in [6.07, 6.45) is 5.78. The molecule has 1 aromatic carbocycles. The van der Waals surface area contributed by atoms with Gasteiger partial charge in [0.25, 0.3) is 5.91 Å². The molecule has 2 aliphatic rings. The summed E-state index contributed by atoms with van der Waals surface area (Å²) in [5.74, 6) is 0.967. The molecule has 2 aromatic heterocycles. The van der Waals surface area contributed by atoms with Crippen molar-refractivity contribution in [3.05, 3.63) is 52.2 Å². The van der Waals surface area contributed by atoms with Gasteiger partial charge >= 0.3 is 0 Å². The highest BCUT2D eigenvalue weighted by Gasteiger charge is 2.26. The maximum absolute atomic E-state index is 13.1. The van der Waals surface area contributed by atoms with Crippen molar-refractivity contribution in [2.75, 3.05) is 25.0 Å². The number of rotatable bonds is 7. The van der Waals surface area contributed by atoms with Gasteiger partial charge in [-0.15, -0.1) is 11.3 Å². The smallest absolute Gasteiger partial charge is 0.261 e. The summed E-state index contributed by atoms with van der Waals surface area (Å²) in [4.78, 5) is 37.1.